The fourth-order valence-corrected chi connectivity index (χ4v) is 1.94. The van der Waals surface area contributed by atoms with Crippen LogP contribution in [-0.2, 0) is 4.84 Å². The molecule has 0 aliphatic carbocycles. The molecule has 0 amide bonds. The van der Waals surface area contributed by atoms with Gasteiger partial charge in [0.15, 0.2) is 11.6 Å². The van der Waals surface area contributed by atoms with Crippen LogP contribution < -0.4 is 10.2 Å². The Morgan fingerprint density at radius 1 is 1.64 bits per heavy atom. The van der Waals surface area contributed by atoms with E-state index in [9.17, 15) is 4.39 Å². The first-order chi connectivity index (χ1) is 6.72. The summed E-state index contributed by atoms with van der Waals surface area (Å²) in [7, 11) is 1.52. The molecule has 0 saturated heterocycles. The lowest BCUT2D eigenvalue weighted by Gasteiger charge is -2.08. The molecule has 0 bridgehead atoms. The number of hydrogen-bond donors (Lipinski definition) is 1. The van der Waals surface area contributed by atoms with Gasteiger partial charge in [-0.05, 0) is 12.1 Å². The molecular weight excluding hydrogens is 253 g/mol. The van der Waals surface area contributed by atoms with E-state index in [-0.39, 0.29) is 11.9 Å². The van der Waals surface area contributed by atoms with E-state index in [1.165, 1.54) is 13.2 Å². The normalized spacial score (nSPS) is 19.2. The molecule has 0 radical (unpaired) electrons. The average molecular weight is 262 g/mol. The zero-order valence-corrected chi connectivity index (χ0v) is 9.10. The van der Waals surface area contributed by atoms with Crippen LogP contribution in [0.4, 0.5) is 4.39 Å². The molecule has 1 aromatic carbocycles. The molecule has 0 aromatic heterocycles. The van der Waals surface area contributed by atoms with Gasteiger partial charge < -0.3 is 9.57 Å². The van der Waals surface area contributed by atoms with Crippen LogP contribution in [0, 0.1) is 5.82 Å². The lowest BCUT2D eigenvalue weighted by molar-refractivity contribution is 0.0534. The molecule has 0 spiro atoms. The van der Waals surface area contributed by atoms with Crippen molar-refractivity contribution in [3.63, 3.8) is 0 Å². The van der Waals surface area contributed by atoms with Gasteiger partial charge in [0.1, 0.15) is 6.61 Å². The highest BCUT2D eigenvalue weighted by molar-refractivity contribution is 9.10. The first kappa shape index (κ1) is 9.89. The second-order valence-electron chi connectivity index (χ2n) is 2.99. The predicted molar refractivity (Wildman–Crippen MR) is 52.5 cm³/mol. The van der Waals surface area contributed by atoms with Gasteiger partial charge in [-0.3, -0.25) is 0 Å². The van der Waals surface area contributed by atoms with Crippen molar-refractivity contribution >= 4 is 15.9 Å². The Morgan fingerprint density at radius 2 is 2.43 bits per heavy atom. The van der Waals surface area contributed by atoms with Crippen LogP contribution in [0.3, 0.4) is 0 Å². The van der Waals surface area contributed by atoms with Crippen molar-refractivity contribution in [1.29, 1.82) is 0 Å². The molecule has 3 nitrogen and oxygen atoms in total. The first-order valence-electron chi connectivity index (χ1n) is 4.12. The van der Waals surface area contributed by atoms with Crippen molar-refractivity contribution in [3.8, 4) is 5.75 Å². The number of nitrogens with one attached hydrogen (secondary N) is 1. The van der Waals surface area contributed by atoms with Gasteiger partial charge in [-0.2, -0.15) is 5.48 Å². The number of hydrogen-bond acceptors (Lipinski definition) is 3. The summed E-state index contributed by atoms with van der Waals surface area (Å²) < 4.78 is 19.2. The summed E-state index contributed by atoms with van der Waals surface area (Å²) >= 11 is 3.23. The minimum Gasteiger partial charge on any atom is -0.488 e. The second kappa shape index (κ2) is 3.84. The van der Waals surface area contributed by atoms with Crippen molar-refractivity contribution < 1.29 is 14.0 Å². The van der Waals surface area contributed by atoms with Crippen LogP contribution in [0.5, 0.6) is 5.75 Å². The van der Waals surface area contributed by atoms with Crippen molar-refractivity contribution in [2.24, 2.45) is 0 Å². The summed E-state index contributed by atoms with van der Waals surface area (Å²) in [5, 5.41) is 0. The summed E-state index contributed by atoms with van der Waals surface area (Å²) in [5.41, 5.74) is 3.52. The minimum absolute atomic E-state index is 0.109. The highest BCUT2D eigenvalue weighted by Gasteiger charge is 2.27. The van der Waals surface area contributed by atoms with Crippen LogP contribution >= 0.6 is 15.9 Å². The molecule has 0 fully saturated rings. The molecule has 1 aromatic rings. The van der Waals surface area contributed by atoms with Crippen LogP contribution in [0.1, 0.15) is 11.6 Å². The highest BCUT2D eigenvalue weighted by Crippen LogP contribution is 2.36. The van der Waals surface area contributed by atoms with Gasteiger partial charge >= 0.3 is 0 Å². The van der Waals surface area contributed by atoms with Crippen LogP contribution in [0.15, 0.2) is 16.6 Å². The van der Waals surface area contributed by atoms with E-state index >= 15 is 0 Å². The van der Waals surface area contributed by atoms with Crippen LogP contribution in [0.25, 0.3) is 0 Å². The summed E-state index contributed by atoms with van der Waals surface area (Å²) in [6, 6.07) is 3.10. The zero-order valence-electron chi connectivity index (χ0n) is 7.51. The van der Waals surface area contributed by atoms with Crippen molar-refractivity contribution in [3.05, 3.63) is 28.0 Å². The SMILES string of the molecule is CONC1COc2c(F)cc(Br)cc21. The van der Waals surface area contributed by atoms with Gasteiger partial charge in [0.25, 0.3) is 0 Å². The molecule has 0 saturated carbocycles. The van der Waals surface area contributed by atoms with Gasteiger partial charge in [0, 0.05) is 10.0 Å². The zero-order chi connectivity index (χ0) is 10.1. The quantitative estimate of drug-likeness (QED) is 0.828. The van der Waals surface area contributed by atoms with Crippen molar-refractivity contribution in [2.45, 2.75) is 6.04 Å². The third-order valence-electron chi connectivity index (χ3n) is 2.07. The van der Waals surface area contributed by atoms with Crippen LogP contribution in [0.2, 0.25) is 0 Å². The first-order valence-corrected chi connectivity index (χ1v) is 4.92. The van der Waals surface area contributed by atoms with E-state index in [1.54, 1.807) is 0 Å². The lowest BCUT2D eigenvalue weighted by Crippen LogP contribution is -2.20. The van der Waals surface area contributed by atoms with E-state index in [4.69, 9.17) is 9.57 Å². The Hall–Kier alpha value is -0.650. The molecule has 2 rings (SSSR count). The van der Waals surface area contributed by atoms with Gasteiger partial charge in [-0.15, -0.1) is 0 Å². The molecule has 1 aliphatic rings. The van der Waals surface area contributed by atoms with Gasteiger partial charge in [-0.1, -0.05) is 15.9 Å². The number of rotatable bonds is 2. The standard InChI is InChI=1S/C9H9BrFNO2/c1-13-12-8-4-14-9-6(8)2-5(10)3-7(9)11/h2-3,8,12H,4H2,1H3. The molecule has 1 unspecified atom stereocenters. The molecular formula is C9H9BrFNO2. The average Bonchev–Trinajstić information content (AvgIpc) is 2.49. The van der Waals surface area contributed by atoms with E-state index in [1.807, 2.05) is 6.07 Å². The fraction of sp³-hybridized carbons (Fsp3) is 0.333. The van der Waals surface area contributed by atoms with E-state index in [0.29, 0.717) is 16.8 Å². The van der Waals surface area contributed by atoms with Crippen molar-refractivity contribution in [2.75, 3.05) is 13.7 Å². The molecule has 5 heteroatoms. The van der Waals surface area contributed by atoms with E-state index in [0.717, 1.165) is 5.56 Å². The monoisotopic (exact) mass is 261 g/mol. The number of halogens is 2. The topological polar surface area (TPSA) is 30.5 Å². The largest absolute Gasteiger partial charge is 0.488 e. The summed E-state index contributed by atoms with van der Waals surface area (Å²) in [6.07, 6.45) is 0. The molecule has 14 heavy (non-hydrogen) atoms. The van der Waals surface area contributed by atoms with Crippen LogP contribution in [-0.4, -0.2) is 13.7 Å². The van der Waals surface area contributed by atoms with E-state index in [2.05, 4.69) is 21.4 Å². The van der Waals surface area contributed by atoms with Gasteiger partial charge in [0.2, 0.25) is 0 Å². The maximum Gasteiger partial charge on any atom is 0.166 e. The van der Waals surface area contributed by atoms with E-state index < -0.39 is 0 Å². The molecule has 1 atom stereocenters. The third kappa shape index (κ3) is 1.63. The third-order valence-corrected chi connectivity index (χ3v) is 2.52. The Morgan fingerprint density at radius 3 is 3.14 bits per heavy atom. The predicted octanol–water partition coefficient (Wildman–Crippen LogP) is 2.17. The Bertz CT molecular complexity index is 359. The Kier molecular flexibility index (Phi) is 2.71. The second-order valence-corrected chi connectivity index (χ2v) is 3.91. The van der Waals surface area contributed by atoms with Crippen molar-refractivity contribution in [1.82, 2.24) is 5.48 Å². The molecule has 1 N–H and O–H groups in total. The molecule has 1 heterocycles. The number of ether oxygens (including phenoxy) is 1. The summed E-state index contributed by atoms with van der Waals surface area (Å²) in [4.78, 5) is 4.79. The van der Waals surface area contributed by atoms with Gasteiger partial charge in [-0.25, -0.2) is 4.39 Å². The Balaban J connectivity index is 2.38. The Labute approximate surface area is 89.3 Å². The number of fused-ring (bicyclic) bond motifs is 1. The minimum atomic E-state index is -0.352. The molecule has 76 valence electrons. The lowest BCUT2D eigenvalue weighted by atomic mass is 10.1. The molecule has 1 aliphatic heterocycles. The smallest absolute Gasteiger partial charge is 0.166 e. The maximum absolute atomic E-state index is 13.3. The number of benzene rings is 1. The number of hydroxylamine groups is 1. The maximum atomic E-state index is 13.3. The fourth-order valence-electron chi connectivity index (χ4n) is 1.49. The van der Waals surface area contributed by atoms with Gasteiger partial charge in [0.05, 0.1) is 13.2 Å². The summed E-state index contributed by atoms with van der Waals surface area (Å²) in [5.74, 6) is -0.0440. The highest BCUT2D eigenvalue weighted by atomic mass is 79.9. The summed E-state index contributed by atoms with van der Waals surface area (Å²) in [6.45, 7) is 0.385.